The quantitative estimate of drug-likeness (QED) is 0.610. The van der Waals surface area contributed by atoms with Crippen molar-refractivity contribution in [2.75, 3.05) is 13.7 Å². The van der Waals surface area contributed by atoms with Gasteiger partial charge in [0.25, 0.3) is 5.91 Å². The van der Waals surface area contributed by atoms with Gasteiger partial charge in [-0.2, -0.15) is 0 Å². The summed E-state index contributed by atoms with van der Waals surface area (Å²) in [6, 6.07) is 5.10. The minimum Gasteiger partial charge on any atom is -0.496 e. The Labute approximate surface area is 141 Å². The largest absolute Gasteiger partial charge is 0.496 e. The van der Waals surface area contributed by atoms with Crippen LogP contribution >= 0.6 is 0 Å². The number of methoxy groups -OCH3 is 1. The highest BCUT2D eigenvalue weighted by atomic mass is 16.5. The second kappa shape index (κ2) is 8.47. The van der Waals surface area contributed by atoms with Crippen LogP contribution in [0.1, 0.15) is 48.5 Å². The van der Waals surface area contributed by atoms with E-state index >= 15 is 0 Å². The Hall–Kier alpha value is -2.37. The number of ketones is 1. The molecule has 1 saturated carbocycles. The van der Waals surface area contributed by atoms with Crippen molar-refractivity contribution >= 4 is 17.7 Å². The number of Topliss-reactive ketones (excluding diaryl/α,β-unsaturated/α-hetero) is 1. The van der Waals surface area contributed by atoms with Crippen LogP contribution in [0.3, 0.4) is 0 Å². The van der Waals surface area contributed by atoms with Gasteiger partial charge in [-0.25, -0.2) is 0 Å². The normalized spacial score (nSPS) is 14.2. The third-order valence-electron chi connectivity index (χ3n) is 4.11. The predicted molar refractivity (Wildman–Crippen MR) is 88.1 cm³/mol. The molecule has 2 rings (SSSR count). The van der Waals surface area contributed by atoms with Crippen molar-refractivity contribution in [2.24, 2.45) is 0 Å². The van der Waals surface area contributed by atoms with Gasteiger partial charge in [-0.1, -0.05) is 12.8 Å². The predicted octanol–water partition coefficient (Wildman–Crippen LogP) is 2.04. The molecular weight excluding hydrogens is 310 g/mol. The number of carbonyl (C=O) groups is 3. The number of nitrogens with one attached hydrogen (secondary N) is 1. The van der Waals surface area contributed by atoms with Crippen LogP contribution in [0, 0.1) is 0 Å². The Bertz CT molecular complexity index is 620. The molecule has 0 aliphatic heterocycles. The average Bonchev–Trinajstić information content (AvgIpc) is 3.05. The summed E-state index contributed by atoms with van der Waals surface area (Å²) in [6.07, 6.45) is 4.15. The average molecular weight is 333 g/mol. The highest BCUT2D eigenvalue weighted by Crippen LogP contribution is 2.21. The Morgan fingerprint density at radius 1 is 1.21 bits per heavy atom. The van der Waals surface area contributed by atoms with Gasteiger partial charge in [-0.15, -0.1) is 0 Å². The summed E-state index contributed by atoms with van der Waals surface area (Å²) < 4.78 is 10.2. The van der Waals surface area contributed by atoms with Crippen LogP contribution < -0.4 is 10.1 Å². The number of hydrogen-bond acceptors (Lipinski definition) is 5. The number of esters is 1. The number of rotatable bonds is 7. The summed E-state index contributed by atoms with van der Waals surface area (Å²) in [6.45, 7) is 1.17. The second-order valence-corrected chi connectivity index (χ2v) is 5.97. The number of carbonyl (C=O) groups excluding carboxylic acids is 3. The Morgan fingerprint density at radius 3 is 2.54 bits per heavy atom. The van der Waals surface area contributed by atoms with Gasteiger partial charge in [0, 0.05) is 17.2 Å². The van der Waals surface area contributed by atoms with Crippen molar-refractivity contribution in [1.29, 1.82) is 0 Å². The molecule has 0 unspecified atom stereocenters. The molecule has 1 N–H and O–H groups in total. The summed E-state index contributed by atoms with van der Waals surface area (Å²) in [7, 11) is 1.49. The molecule has 130 valence electrons. The topological polar surface area (TPSA) is 81.7 Å². The van der Waals surface area contributed by atoms with Crippen LogP contribution in [-0.4, -0.2) is 37.4 Å². The molecule has 6 nitrogen and oxygen atoms in total. The van der Waals surface area contributed by atoms with Crippen LogP contribution in [0.4, 0.5) is 0 Å². The number of hydrogen-bond donors (Lipinski definition) is 1. The van der Waals surface area contributed by atoms with E-state index in [1.165, 1.54) is 14.0 Å². The van der Waals surface area contributed by atoms with Crippen LogP contribution in [0.25, 0.3) is 0 Å². The first-order chi connectivity index (χ1) is 11.5. The van der Waals surface area contributed by atoms with E-state index in [1.54, 1.807) is 18.2 Å². The molecular formula is C18H23NO5. The molecule has 0 heterocycles. The first-order valence-corrected chi connectivity index (χ1v) is 8.12. The van der Waals surface area contributed by atoms with Gasteiger partial charge in [-0.05, 0) is 38.0 Å². The lowest BCUT2D eigenvalue weighted by Gasteiger charge is -2.12. The third kappa shape index (κ3) is 5.08. The van der Waals surface area contributed by atoms with Crippen LogP contribution in [0.15, 0.2) is 18.2 Å². The summed E-state index contributed by atoms with van der Waals surface area (Å²) in [5.41, 5.74) is 1.06. The van der Waals surface area contributed by atoms with Crippen molar-refractivity contribution in [2.45, 2.75) is 45.1 Å². The number of ether oxygens (including phenoxy) is 2. The maximum absolute atomic E-state index is 12.0. The molecule has 1 aliphatic carbocycles. The molecule has 6 heteroatoms. The number of benzene rings is 1. The highest BCUT2D eigenvalue weighted by molar-refractivity contribution is 5.94. The molecule has 0 atom stereocenters. The highest BCUT2D eigenvalue weighted by Gasteiger charge is 2.18. The lowest BCUT2D eigenvalue weighted by molar-refractivity contribution is -0.148. The van der Waals surface area contributed by atoms with Crippen LogP contribution in [0.5, 0.6) is 5.75 Å². The molecule has 1 aromatic carbocycles. The van der Waals surface area contributed by atoms with E-state index in [2.05, 4.69) is 5.32 Å². The molecule has 1 aromatic rings. The fourth-order valence-electron chi connectivity index (χ4n) is 2.83. The fraction of sp³-hybridized carbons (Fsp3) is 0.500. The maximum Gasteiger partial charge on any atom is 0.310 e. The molecule has 1 aliphatic rings. The van der Waals surface area contributed by atoms with Gasteiger partial charge in [0.15, 0.2) is 12.4 Å². The van der Waals surface area contributed by atoms with E-state index in [4.69, 9.17) is 9.47 Å². The molecule has 0 aromatic heterocycles. The van der Waals surface area contributed by atoms with E-state index in [0.717, 1.165) is 25.7 Å². The standard InChI is InChI=1S/C18H23NO5/c1-12(20)13-7-8-16(23-2)14(9-13)10-18(22)24-11-17(21)19-15-5-3-4-6-15/h7-9,15H,3-6,10-11H2,1-2H3,(H,19,21). The fourth-order valence-corrected chi connectivity index (χ4v) is 2.83. The van der Waals surface area contributed by atoms with Gasteiger partial charge in [0.2, 0.25) is 0 Å². The van der Waals surface area contributed by atoms with E-state index < -0.39 is 5.97 Å². The lowest BCUT2D eigenvalue weighted by atomic mass is 10.0. The molecule has 1 amide bonds. The third-order valence-corrected chi connectivity index (χ3v) is 4.11. The van der Waals surface area contributed by atoms with Crippen molar-refractivity contribution in [3.05, 3.63) is 29.3 Å². The summed E-state index contributed by atoms with van der Waals surface area (Å²) in [4.78, 5) is 35.2. The van der Waals surface area contributed by atoms with E-state index in [0.29, 0.717) is 16.9 Å². The minimum atomic E-state index is -0.532. The zero-order valence-electron chi connectivity index (χ0n) is 14.1. The second-order valence-electron chi connectivity index (χ2n) is 5.97. The van der Waals surface area contributed by atoms with Crippen molar-refractivity contribution in [3.63, 3.8) is 0 Å². The Morgan fingerprint density at radius 2 is 1.92 bits per heavy atom. The van der Waals surface area contributed by atoms with E-state index in [-0.39, 0.29) is 30.8 Å². The first-order valence-electron chi connectivity index (χ1n) is 8.12. The van der Waals surface area contributed by atoms with Gasteiger partial charge in [-0.3, -0.25) is 14.4 Å². The van der Waals surface area contributed by atoms with Crippen LogP contribution in [0.2, 0.25) is 0 Å². The minimum absolute atomic E-state index is 0.0546. The lowest BCUT2D eigenvalue weighted by Crippen LogP contribution is -2.36. The molecule has 0 radical (unpaired) electrons. The van der Waals surface area contributed by atoms with Gasteiger partial charge < -0.3 is 14.8 Å². The zero-order chi connectivity index (χ0) is 17.5. The zero-order valence-corrected chi connectivity index (χ0v) is 14.1. The monoisotopic (exact) mass is 333 g/mol. The van der Waals surface area contributed by atoms with Crippen molar-refractivity contribution in [3.8, 4) is 5.75 Å². The molecule has 24 heavy (non-hydrogen) atoms. The Kier molecular flexibility index (Phi) is 6.35. The molecule has 0 bridgehead atoms. The van der Waals surface area contributed by atoms with E-state index in [9.17, 15) is 14.4 Å². The van der Waals surface area contributed by atoms with Crippen molar-refractivity contribution < 1.29 is 23.9 Å². The van der Waals surface area contributed by atoms with E-state index in [1.807, 2.05) is 0 Å². The van der Waals surface area contributed by atoms with Crippen molar-refractivity contribution in [1.82, 2.24) is 5.32 Å². The molecule has 1 fully saturated rings. The summed E-state index contributed by atoms with van der Waals surface area (Å²) >= 11 is 0. The van der Waals surface area contributed by atoms with Gasteiger partial charge in [0.05, 0.1) is 13.5 Å². The van der Waals surface area contributed by atoms with Gasteiger partial charge >= 0.3 is 5.97 Å². The molecule has 0 saturated heterocycles. The first kappa shape index (κ1) is 18.0. The smallest absolute Gasteiger partial charge is 0.310 e. The SMILES string of the molecule is COc1ccc(C(C)=O)cc1CC(=O)OCC(=O)NC1CCCC1. The summed E-state index contributed by atoms with van der Waals surface area (Å²) in [5, 5.41) is 2.86. The van der Waals surface area contributed by atoms with Crippen LogP contribution in [-0.2, 0) is 20.7 Å². The van der Waals surface area contributed by atoms with Gasteiger partial charge in [0.1, 0.15) is 5.75 Å². The maximum atomic E-state index is 12.0. The number of amides is 1. The Balaban J connectivity index is 1.88. The summed E-state index contributed by atoms with van der Waals surface area (Å²) in [5.74, 6) is -0.397. The molecule has 0 spiro atoms.